The molecule has 0 aliphatic heterocycles. The minimum absolute atomic E-state index is 0.100. The number of carbonyl (C=O) groups is 1. The van der Waals surface area contributed by atoms with E-state index in [-0.39, 0.29) is 30.5 Å². The molecule has 22 heavy (non-hydrogen) atoms. The molecule has 124 valence electrons. The van der Waals surface area contributed by atoms with Gasteiger partial charge in [0.05, 0.1) is 12.7 Å². The number of methoxy groups -OCH3 is 1. The molecule has 2 unspecified atom stereocenters. The summed E-state index contributed by atoms with van der Waals surface area (Å²) in [6.07, 6.45) is 1.54. The first-order valence-electron chi connectivity index (χ1n) is 7.61. The first kappa shape index (κ1) is 18.4. The second-order valence-corrected chi connectivity index (χ2v) is 5.91. The van der Waals surface area contributed by atoms with Crippen LogP contribution in [0.3, 0.4) is 0 Å². The lowest BCUT2D eigenvalue weighted by Gasteiger charge is -2.29. The molecular formula is C17H26FNO3. The Hall–Kier alpha value is -1.62. The molecule has 0 fully saturated rings. The number of hydrogen-bond donors (Lipinski definition) is 2. The highest BCUT2D eigenvalue weighted by atomic mass is 19.1. The maximum Gasteiger partial charge on any atom is 0.220 e. The van der Waals surface area contributed by atoms with Gasteiger partial charge in [-0.15, -0.1) is 0 Å². The highest BCUT2D eigenvalue weighted by molar-refractivity contribution is 5.76. The lowest BCUT2D eigenvalue weighted by molar-refractivity contribution is -0.122. The lowest BCUT2D eigenvalue weighted by Crippen LogP contribution is -2.45. The van der Waals surface area contributed by atoms with Crippen molar-refractivity contribution in [2.24, 2.45) is 5.92 Å². The molecule has 0 spiro atoms. The fourth-order valence-electron chi connectivity index (χ4n) is 2.10. The predicted molar refractivity (Wildman–Crippen MR) is 84.4 cm³/mol. The van der Waals surface area contributed by atoms with Crippen LogP contribution in [-0.2, 0) is 11.2 Å². The molecule has 5 heteroatoms. The van der Waals surface area contributed by atoms with Gasteiger partial charge < -0.3 is 15.2 Å². The van der Waals surface area contributed by atoms with E-state index in [0.717, 1.165) is 12.0 Å². The first-order valence-corrected chi connectivity index (χ1v) is 7.61. The van der Waals surface area contributed by atoms with E-state index in [9.17, 15) is 14.3 Å². The SMILES string of the molecule is CCC(C)C(C)(O)CNC(=O)CCc1ccc(OC)c(F)c1. The molecule has 2 atom stereocenters. The molecule has 0 aliphatic rings. The summed E-state index contributed by atoms with van der Waals surface area (Å²) in [5.74, 6) is -0.291. The quantitative estimate of drug-likeness (QED) is 0.776. The molecule has 0 saturated heterocycles. The largest absolute Gasteiger partial charge is 0.494 e. The molecule has 0 saturated carbocycles. The third-order valence-electron chi connectivity index (χ3n) is 4.17. The standard InChI is InChI=1S/C17H26FNO3/c1-5-12(2)17(3,21)11-19-16(20)9-7-13-6-8-15(22-4)14(18)10-13/h6,8,10,12,21H,5,7,9,11H2,1-4H3,(H,19,20). The van der Waals surface area contributed by atoms with E-state index in [4.69, 9.17) is 4.74 Å². The van der Waals surface area contributed by atoms with Crippen molar-refractivity contribution in [2.75, 3.05) is 13.7 Å². The molecule has 1 aromatic carbocycles. The van der Waals surface area contributed by atoms with Crippen LogP contribution in [0.15, 0.2) is 18.2 Å². The van der Waals surface area contributed by atoms with Crippen molar-refractivity contribution < 1.29 is 19.0 Å². The molecule has 0 aliphatic carbocycles. The van der Waals surface area contributed by atoms with Crippen molar-refractivity contribution in [1.29, 1.82) is 0 Å². The summed E-state index contributed by atoms with van der Waals surface area (Å²) in [6.45, 7) is 5.89. The van der Waals surface area contributed by atoms with Crippen LogP contribution in [0.2, 0.25) is 0 Å². The summed E-state index contributed by atoms with van der Waals surface area (Å²) in [5.41, 5.74) is -0.182. The van der Waals surface area contributed by atoms with Gasteiger partial charge in [0.2, 0.25) is 5.91 Å². The Labute approximate surface area is 131 Å². The van der Waals surface area contributed by atoms with Crippen molar-refractivity contribution in [1.82, 2.24) is 5.32 Å². The lowest BCUT2D eigenvalue weighted by atomic mass is 9.88. The number of hydrogen-bond acceptors (Lipinski definition) is 3. The van der Waals surface area contributed by atoms with Gasteiger partial charge in [-0.1, -0.05) is 26.3 Å². The Kier molecular flexibility index (Phi) is 6.81. The highest BCUT2D eigenvalue weighted by Gasteiger charge is 2.27. The van der Waals surface area contributed by atoms with E-state index in [2.05, 4.69) is 5.32 Å². The van der Waals surface area contributed by atoms with E-state index < -0.39 is 11.4 Å². The molecule has 4 nitrogen and oxygen atoms in total. The fourth-order valence-corrected chi connectivity index (χ4v) is 2.10. The Balaban J connectivity index is 2.45. The third-order valence-corrected chi connectivity index (χ3v) is 4.17. The summed E-state index contributed by atoms with van der Waals surface area (Å²) in [6, 6.07) is 4.67. The summed E-state index contributed by atoms with van der Waals surface area (Å²) in [5, 5.41) is 13.0. The van der Waals surface area contributed by atoms with Gasteiger partial charge in [-0.05, 0) is 37.0 Å². The monoisotopic (exact) mass is 311 g/mol. The zero-order chi connectivity index (χ0) is 16.8. The summed E-state index contributed by atoms with van der Waals surface area (Å²) in [7, 11) is 1.41. The van der Waals surface area contributed by atoms with Gasteiger partial charge in [0.1, 0.15) is 0 Å². The highest BCUT2D eigenvalue weighted by Crippen LogP contribution is 2.20. The van der Waals surface area contributed by atoms with E-state index in [1.165, 1.54) is 13.2 Å². The van der Waals surface area contributed by atoms with Crippen LogP contribution in [0.25, 0.3) is 0 Å². The summed E-state index contributed by atoms with van der Waals surface area (Å²) >= 11 is 0. The molecular weight excluding hydrogens is 285 g/mol. The topological polar surface area (TPSA) is 58.6 Å². The zero-order valence-corrected chi connectivity index (χ0v) is 13.8. The smallest absolute Gasteiger partial charge is 0.220 e. The van der Waals surface area contributed by atoms with Gasteiger partial charge in [0, 0.05) is 13.0 Å². The van der Waals surface area contributed by atoms with Crippen LogP contribution in [0.5, 0.6) is 5.75 Å². The van der Waals surface area contributed by atoms with Crippen LogP contribution in [0.4, 0.5) is 4.39 Å². The number of amides is 1. The van der Waals surface area contributed by atoms with E-state index >= 15 is 0 Å². The molecule has 2 N–H and O–H groups in total. The Morgan fingerprint density at radius 1 is 1.50 bits per heavy atom. The Bertz CT molecular complexity index is 503. The maximum absolute atomic E-state index is 13.5. The van der Waals surface area contributed by atoms with Crippen LogP contribution < -0.4 is 10.1 Å². The van der Waals surface area contributed by atoms with Crippen molar-refractivity contribution in [3.8, 4) is 5.75 Å². The Morgan fingerprint density at radius 3 is 2.73 bits per heavy atom. The third kappa shape index (κ3) is 5.30. The number of aryl methyl sites for hydroxylation is 1. The minimum Gasteiger partial charge on any atom is -0.494 e. The van der Waals surface area contributed by atoms with E-state index in [0.29, 0.717) is 6.42 Å². The average Bonchev–Trinajstić information content (AvgIpc) is 2.50. The van der Waals surface area contributed by atoms with Crippen molar-refractivity contribution >= 4 is 5.91 Å². The fraction of sp³-hybridized carbons (Fsp3) is 0.588. The zero-order valence-electron chi connectivity index (χ0n) is 13.8. The first-order chi connectivity index (χ1) is 10.3. The number of rotatable bonds is 8. The van der Waals surface area contributed by atoms with Crippen molar-refractivity contribution in [3.05, 3.63) is 29.6 Å². The Morgan fingerprint density at radius 2 is 2.18 bits per heavy atom. The molecule has 0 bridgehead atoms. The predicted octanol–water partition coefficient (Wildman–Crippen LogP) is 2.68. The molecule has 1 aromatic rings. The van der Waals surface area contributed by atoms with Gasteiger partial charge in [0.25, 0.3) is 0 Å². The van der Waals surface area contributed by atoms with Crippen molar-refractivity contribution in [3.63, 3.8) is 0 Å². The maximum atomic E-state index is 13.5. The van der Waals surface area contributed by atoms with Crippen LogP contribution in [0, 0.1) is 11.7 Å². The number of carbonyl (C=O) groups excluding carboxylic acids is 1. The summed E-state index contributed by atoms with van der Waals surface area (Å²) < 4.78 is 18.4. The van der Waals surface area contributed by atoms with Crippen LogP contribution in [-0.4, -0.2) is 30.3 Å². The number of ether oxygens (including phenoxy) is 1. The molecule has 0 radical (unpaired) electrons. The van der Waals surface area contributed by atoms with Gasteiger partial charge >= 0.3 is 0 Å². The average molecular weight is 311 g/mol. The van der Waals surface area contributed by atoms with E-state index in [1.54, 1.807) is 19.1 Å². The van der Waals surface area contributed by atoms with Crippen LogP contribution >= 0.6 is 0 Å². The van der Waals surface area contributed by atoms with E-state index in [1.807, 2.05) is 13.8 Å². The molecule has 0 aromatic heterocycles. The van der Waals surface area contributed by atoms with Gasteiger partial charge in [-0.3, -0.25) is 4.79 Å². The van der Waals surface area contributed by atoms with Gasteiger partial charge in [-0.2, -0.15) is 0 Å². The summed E-state index contributed by atoms with van der Waals surface area (Å²) in [4.78, 5) is 11.8. The second kappa shape index (κ2) is 8.13. The van der Waals surface area contributed by atoms with Crippen LogP contribution in [0.1, 0.15) is 39.2 Å². The molecule has 0 heterocycles. The normalized spacial score (nSPS) is 15.0. The number of nitrogens with one attached hydrogen (secondary N) is 1. The minimum atomic E-state index is -0.920. The number of halogens is 1. The molecule has 1 rings (SSSR count). The van der Waals surface area contributed by atoms with Crippen molar-refractivity contribution in [2.45, 2.75) is 45.6 Å². The second-order valence-electron chi connectivity index (χ2n) is 5.91. The number of aliphatic hydroxyl groups is 1. The molecule has 1 amide bonds. The van der Waals surface area contributed by atoms with Gasteiger partial charge in [0.15, 0.2) is 11.6 Å². The van der Waals surface area contributed by atoms with Gasteiger partial charge in [-0.25, -0.2) is 4.39 Å². The number of benzene rings is 1.